The molecule has 0 amide bonds. The molecule has 1 rings (SSSR count). The van der Waals surface area contributed by atoms with Crippen LogP contribution in [0.4, 0.5) is 0 Å². The number of piperidine rings is 1. The first kappa shape index (κ1) is 15.9. The molecule has 1 fully saturated rings. The fourth-order valence-corrected chi connectivity index (χ4v) is 2.90. The number of rotatable bonds is 9. The van der Waals surface area contributed by atoms with Gasteiger partial charge >= 0.3 is 0 Å². The Bertz CT molecular complexity index is 191. The Labute approximate surface area is 113 Å². The van der Waals surface area contributed by atoms with Crippen molar-refractivity contribution in [1.82, 2.24) is 10.2 Å². The van der Waals surface area contributed by atoms with Crippen LogP contribution in [-0.4, -0.2) is 48.8 Å². The molecular formula is C15H32N2O. The monoisotopic (exact) mass is 256 g/mol. The normalized spacial score (nSPS) is 20.2. The minimum atomic E-state index is 0.339. The van der Waals surface area contributed by atoms with E-state index in [1.165, 1.54) is 45.3 Å². The van der Waals surface area contributed by atoms with Crippen molar-refractivity contribution < 1.29 is 5.11 Å². The van der Waals surface area contributed by atoms with E-state index < -0.39 is 0 Å². The lowest BCUT2D eigenvalue weighted by Gasteiger charge is -2.35. The van der Waals surface area contributed by atoms with Gasteiger partial charge in [-0.1, -0.05) is 6.92 Å². The topological polar surface area (TPSA) is 35.5 Å². The zero-order chi connectivity index (χ0) is 13.2. The molecule has 2 N–H and O–H groups in total. The van der Waals surface area contributed by atoms with E-state index in [1.807, 2.05) is 0 Å². The SMILES string of the molecule is CCCN1CCC(C(C)NCCCCCO)CC1. The van der Waals surface area contributed by atoms with Crippen LogP contribution in [-0.2, 0) is 0 Å². The van der Waals surface area contributed by atoms with E-state index in [9.17, 15) is 0 Å². The first-order valence-electron chi connectivity index (χ1n) is 7.84. The van der Waals surface area contributed by atoms with Gasteiger partial charge in [-0.25, -0.2) is 0 Å². The minimum absolute atomic E-state index is 0.339. The Hall–Kier alpha value is -0.120. The zero-order valence-corrected chi connectivity index (χ0v) is 12.3. The van der Waals surface area contributed by atoms with Crippen LogP contribution >= 0.6 is 0 Å². The van der Waals surface area contributed by atoms with Gasteiger partial charge in [0.25, 0.3) is 0 Å². The Morgan fingerprint density at radius 1 is 1.22 bits per heavy atom. The Balaban J connectivity index is 2.06. The van der Waals surface area contributed by atoms with Gasteiger partial charge in [0.2, 0.25) is 0 Å². The molecule has 3 heteroatoms. The van der Waals surface area contributed by atoms with E-state index >= 15 is 0 Å². The van der Waals surface area contributed by atoms with Gasteiger partial charge in [0.1, 0.15) is 0 Å². The molecule has 0 aromatic carbocycles. The average Bonchev–Trinajstić information content (AvgIpc) is 2.39. The summed E-state index contributed by atoms with van der Waals surface area (Å²) in [5.41, 5.74) is 0. The molecule has 0 bridgehead atoms. The lowest BCUT2D eigenvalue weighted by Crippen LogP contribution is -2.42. The van der Waals surface area contributed by atoms with Crippen LogP contribution in [0, 0.1) is 5.92 Å². The van der Waals surface area contributed by atoms with Crippen LogP contribution in [0.3, 0.4) is 0 Å². The van der Waals surface area contributed by atoms with E-state index in [2.05, 4.69) is 24.1 Å². The Morgan fingerprint density at radius 3 is 2.56 bits per heavy atom. The third-order valence-corrected chi connectivity index (χ3v) is 4.18. The second-order valence-corrected chi connectivity index (χ2v) is 5.71. The van der Waals surface area contributed by atoms with E-state index in [0.717, 1.165) is 25.3 Å². The summed E-state index contributed by atoms with van der Waals surface area (Å²) in [6.45, 7) is 9.90. The third kappa shape index (κ3) is 6.17. The molecule has 108 valence electrons. The molecule has 3 nitrogen and oxygen atoms in total. The summed E-state index contributed by atoms with van der Waals surface area (Å²) >= 11 is 0. The van der Waals surface area contributed by atoms with Crippen LogP contribution in [0.15, 0.2) is 0 Å². The summed E-state index contributed by atoms with van der Waals surface area (Å²) in [6, 6.07) is 0.655. The van der Waals surface area contributed by atoms with Gasteiger partial charge in [0, 0.05) is 12.6 Å². The maximum absolute atomic E-state index is 8.72. The molecule has 1 saturated heterocycles. The molecule has 1 heterocycles. The van der Waals surface area contributed by atoms with Gasteiger partial charge in [0.15, 0.2) is 0 Å². The van der Waals surface area contributed by atoms with Crippen molar-refractivity contribution in [2.45, 2.75) is 58.4 Å². The summed E-state index contributed by atoms with van der Waals surface area (Å²) in [5.74, 6) is 0.857. The zero-order valence-electron chi connectivity index (χ0n) is 12.3. The maximum atomic E-state index is 8.72. The smallest absolute Gasteiger partial charge is 0.0431 e. The highest BCUT2D eigenvalue weighted by Crippen LogP contribution is 2.20. The first-order chi connectivity index (χ1) is 8.77. The van der Waals surface area contributed by atoms with Crippen molar-refractivity contribution in [1.29, 1.82) is 0 Å². The molecule has 0 aliphatic carbocycles. The summed E-state index contributed by atoms with van der Waals surface area (Å²) in [7, 11) is 0. The average molecular weight is 256 g/mol. The molecule has 0 radical (unpaired) electrons. The molecule has 1 atom stereocenters. The highest BCUT2D eigenvalue weighted by molar-refractivity contribution is 4.79. The van der Waals surface area contributed by atoms with Crippen molar-refractivity contribution in [3.63, 3.8) is 0 Å². The quantitative estimate of drug-likeness (QED) is 0.621. The van der Waals surface area contributed by atoms with Crippen molar-refractivity contribution >= 4 is 0 Å². The van der Waals surface area contributed by atoms with Crippen LogP contribution in [0.25, 0.3) is 0 Å². The van der Waals surface area contributed by atoms with E-state index in [0.29, 0.717) is 12.6 Å². The summed E-state index contributed by atoms with van der Waals surface area (Å²) in [5, 5.41) is 12.4. The van der Waals surface area contributed by atoms with Gasteiger partial charge in [0.05, 0.1) is 0 Å². The molecule has 1 aliphatic heterocycles. The van der Waals surface area contributed by atoms with Crippen molar-refractivity contribution in [2.24, 2.45) is 5.92 Å². The number of unbranched alkanes of at least 4 members (excludes halogenated alkanes) is 2. The van der Waals surface area contributed by atoms with Gasteiger partial charge in [-0.2, -0.15) is 0 Å². The van der Waals surface area contributed by atoms with Crippen LogP contribution < -0.4 is 5.32 Å². The number of aliphatic hydroxyl groups excluding tert-OH is 1. The standard InChI is InChI=1S/C15H32N2O/c1-3-10-17-11-7-15(8-12-17)14(2)16-9-5-4-6-13-18/h14-16,18H,3-13H2,1-2H3. The molecule has 0 spiro atoms. The number of aliphatic hydroxyl groups is 1. The summed E-state index contributed by atoms with van der Waals surface area (Å²) in [6.07, 6.45) is 7.27. The van der Waals surface area contributed by atoms with Gasteiger partial charge in [-0.3, -0.25) is 0 Å². The number of nitrogens with one attached hydrogen (secondary N) is 1. The van der Waals surface area contributed by atoms with Crippen LogP contribution in [0.2, 0.25) is 0 Å². The lowest BCUT2D eigenvalue weighted by molar-refractivity contribution is 0.162. The predicted molar refractivity (Wildman–Crippen MR) is 77.9 cm³/mol. The van der Waals surface area contributed by atoms with Crippen molar-refractivity contribution in [3.8, 4) is 0 Å². The highest BCUT2D eigenvalue weighted by Gasteiger charge is 2.22. The molecular weight excluding hydrogens is 224 g/mol. The number of nitrogens with zero attached hydrogens (tertiary/aromatic N) is 1. The molecule has 0 aromatic rings. The van der Waals surface area contributed by atoms with Crippen molar-refractivity contribution in [3.05, 3.63) is 0 Å². The third-order valence-electron chi connectivity index (χ3n) is 4.18. The fourth-order valence-electron chi connectivity index (χ4n) is 2.90. The summed E-state index contributed by atoms with van der Waals surface area (Å²) < 4.78 is 0. The second-order valence-electron chi connectivity index (χ2n) is 5.71. The summed E-state index contributed by atoms with van der Waals surface area (Å²) in [4.78, 5) is 2.60. The predicted octanol–water partition coefficient (Wildman–Crippen LogP) is 2.25. The molecule has 0 aromatic heterocycles. The molecule has 0 saturated carbocycles. The Kier molecular flexibility index (Phi) is 8.64. The van der Waals surface area contributed by atoms with Crippen molar-refractivity contribution in [2.75, 3.05) is 32.8 Å². The van der Waals surface area contributed by atoms with E-state index in [4.69, 9.17) is 5.11 Å². The lowest BCUT2D eigenvalue weighted by atomic mass is 9.90. The van der Waals surface area contributed by atoms with Gasteiger partial charge in [-0.15, -0.1) is 0 Å². The van der Waals surface area contributed by atoms with Gasteiger partial charge in [-0.05, 0) is 77.5 Å². The highest BCUT2D eigenvalue weighted by atomic mass is 16.2. The largest absolute Gasteiger partial charge is 0.396 e. The number of hydrogen-bond acceptors (Lipinski definition) is 3. The molecule has 1 aliphatic rings. The number of hydrogen-bond donors (Lipinski definition) is 2. The minimum Gasteiger partial charge on any atom is -0.396 e. The van der Waals surface area contributed by atoms with Crippen LogP contribution in [0.5, 0.6) is 0 Å². The fraction of sp³-hybridized carbons (Fsp3) is 1.00. The van der Waals surface area contributed by atoms with E-state index in [1.54, 1.807) is 0 Å². The number of likely N-dealkylation sites (tertiary alicyclic amines) is 1. The molecule has 1 unspecified atom stereocenters. The van der Waals surface area contributed by atoms with E-state index in [-0.39, 0.29) is 0 Å². The van der Waals surface area contributed by atoms with Crippen LogP contribution in [0.1, 0.15) is 52.4 Å². The Morgan fingerprint density at radius 2 is 1.94 bits per heavy atom. The second kappa shape index (κ2) is 9.76. The first-order valence-corrected chi connectivity index (χ1v) is 7.84. The molecule has 18 heavy (non-hydrogen) atoms. The maximum Gasteiger partial charge on any atom is 0.0431 e. The van der Waals surface area contributed by atoms with Gasteiger partial charge < -0.3 is 15.3 Å².